The molecule has 0 heterocycles. The second-order valence-corrected chi connectivity index (χ2v) is 6.65. The second kappa shape index (κ2) is 6.85. The summed E-state index contributed by atoms with van der Waals surface area (Å²) >= 11 is 0. The molecule has 0 radical (unpaired) electrons. The van der Waals surface area contributed by atoms with E-state index in [1.807, 2.05) is 0 Å². The van der Waals surface area contributed by atoms with Gasteiger partial charge in [0.05, 0.1) is 12.9 Å². The molecule has 1 saturated carbocycles. The fourth-order valence-electron chi connectivity index (χ4n) is 2.44. The number of hydrogen-bond acceptors (Lipinski definition) is 3. The molecule has 0 amide bonds. The van der Waals surface area contributed by atoms with E-state index in [0.717, 1.165) is 31.4 Å². The van der Waals surface area contributed by atoms with Gasteiger partial charge in [-0.15, -0.1) is 0 Å². The zero-order chi connectivity index (χ0) is 13.7. The van der Waals surface area contributed by atoms with Gasteiger partial charge in [-0.05, 0) is 37.1 Å². The molecule has 0 spiro atoms. The molecular weight excluding hydrogens is 260 g/mol. The van der Waals surface area contributed by atoms with Gasteiger partial charge in [-0.25, -0.2) is 0 Å². The Morgan fingerprint density at radius 2 is 1.84 bits per heavy atom. The summed E-state index contributed by atoms with van der Waals surface area (Å²) in [4.78, 5) is 12.1. The van der Waals surface area contributed by atoms with Crippen molar-refractivity contribution < 1.29 is 13.7 Å². The first kappa shape index (κ1) is 14.3. The third-order valence-corrected chi connectivity index (χ3v) is 5.37. The Balaban J connectivity index is 1.93. The Kier molecular flexibility index (Phi) is 5.14. The maximum atomic E-state index is 12.2. The Bertz CT molecular complexity index is 447. The number of rotatable bonds is 5. The van der Waals surface area contributed by atoms with Gasteiger partial charge in [0, 0.05) is 21.6 Å². The lowest BCUT2D eigenvalue weighted by Gasteiger charge is -2.20. The molecule has 104 valence electrons. The topological polar surface area (TPSA) is 43.4 Å². The highest BCUT2D eigenvalue weighted by Gasteiger charge is 2.22. The maximum absolute atomic E-state index is 12.2. The Morgan fingerprint density at radius 3 is 2.42 bits per heavy atom. The van der Waals surface area contributed by atoms with Crippen LogP contribution in [0.3, 0.4) is 0 Å². The van der Waals surface area contributed by atoms with E-state index in [-0.39, 0.29) is 16.8 Å². The van der Waals surface area contributed by atoms with Gasteiger partial charge in [-0.1, -0.05) is 19.3 Å². The van der Waals surface area contributed by atoms with E-state index in [1.165, 1.54) is 6.42 Å². The van der Waals surface area contributed by atoms with Gasteiger partial charge in [-0.3, -0.25) is 9.00 Å². The normalized spacial score (nSPS) is 17.9. The van der Waals surface area contributed by atoms with E-state index in [9.17, 15) is 9.00 Å². The van der Waals surface area contributed by atoms with Crippen LogP contribution in [0.25, 0.3) is 0 Å². The molecule has 2 rings (SSSR count). The molecule has 3 nitrogen and oxygen atoms in total. The zero-order valence-corrected chi connectivity index (χ0v) is 12.1. The van der Waals surface area contributed by atoms with E-state index in [4.69, 9.17) is 4.74 Å². The molecule has 1 aromatic carbocycles. The predicted molar refractivity (Wildman–Crippen MR) is 77.2 cm³/mol. The van der Waals surface area contributed by atoms with Crippen molar-refractivity contribution in [3.63, 3.8) is 0 Å². The first-order valence-corrected chi connectivity index (χ1v) is 8.13. The standard InChI is InChI=1S/C15H20O3S/c1-18-13-9-7-12(8-10-13)15(16)11-19(17)14-5-3-2-4-6-14/h7-10,14H,2-6,11H2,1H3. The summed E-state index contributed by atoms with van der Waals surface area (Å²) in [6, 6.07) is 6.99. The van der Waals surface area contributed by atoms with Gasteiger partial charge >= 0.3 is 0 Å². The predicted octanol–water partition coefficient (Wildman–Crippen LogP) is 2.96. The van der Waals surface area contributed by atoms with Gasteiger partial charge in [0.15, 0.2) is 5.78 Å². The number of hydrogen-bond donors (Lipinski definition) is 0. The second-order valence-electron chi connectivity index (χ2n) is 4.94. The van der Waals surface area contributed by atoms with Crippen LogP contribution in [0.4, 0.5) is 0 Å². The average molecular weight is 280 g/mol. The van der Waals surface area contributed by atoms with Crippen molar-refractivity contribution in [1.29, 1.82) is 0 Å². The van der Waals surface area contributed by atoms with Crippen LogP contribution in [0, 0.1) is 0 Å². The van der Waals surface area contributed by atoms with Crippen LogP contribution in [-0.2, 0) is 10.8 Å². The molecule has 0 bridgehead atoms. The van der Waals surface area contributed by atoms with E-state index in [2.05, 4.69) is 0 Å². The van der Waals surface area contributed by atoms with Crippen molar-refractivity contribution in [2.75, 3.05) is 12.9 Å². The third-order valence-electron chi connectivity index (χ3n) is 3.61. The van der Waals surface area contributed by atoms with Crippen molar-refractivity contribution in [3.05, 3.63) is 29.8 Å². The van der Waals surface area contributed by atoms with Gasteiger partial charge in [0.25, 0.3) is 0 Å². The average Bonchev–Trinajstić information content (AvgIpc) is 2.48. The van der Waals surface area contributed by atoms with Crippen molar-refractivity contribution in [3.8, 4) is 5.75 Å². The van der Waals surface area contributed by atoms with E-state index >= 15 is 0 Å². The lowest BCUT2D eigenvalue weighted by Crippen LogP contribution is -2.24. The molecule has 1 aromatic rings. The van der Waals surface area contributed by atoms with Gasteiger partial charge in [-0.2, -0.15) is 0 Å². The van der Waals surface area contributed by atoms with Crippen LogP contribution in [0.1, 0.15) is 42.5 Å². The molecule has 1 fully saturated rings. The number of ether oxygens (including phenoxy) is 1. The molecule has 0 aliphatic heterocycles. The number of carbonyl (C=O) groups excluding carboxylic acids is 1. The summed E-state index contributed by atoms with van der Waals surface area (Å²) in [6.45, 7) is 0. The molecule has 0 aromatic heterocycles. The summed E-state index contributed by atoms with van der Waals surface area (Å²) in [5.74, 6) is 0.841. The van der Waals surface area contributed by atoms with Crippen molar-refractivity contribution >= 4 is 16.6 Å². The first-order chi connectivity index (χ1) is 9.20. The Labute approximate surface area is 116 Å². The smallest absolute Gasteiger partial charge is 0.175 e. The van der Waals surface area contributed by atoms with Crippen LogP contribution in [0.2, 0.25) is 0 Å². The van der Waals surface area contributed by atoms with Crippen LogP contribution in [-0.4, -0.2) is 28.1 Å². The molecule has 1 atom stereocenters. The number of Topliss-reactive ketones (excluding diaryl/α,β-unsaturated/α-hetero) is 1. The molecule has 0 saturated heterocycles. The molecule has 1 aliphatic rings. The summed E-state index contributed by atoms with van der Waals surface area (Å²) in [6.07, 6.45) is 5.53. The van der Waals surface area contributed by atoms with Gasteiger partial charge < -0.3 is 4.74 Å². The highest BCUT2D eigenvalue weighted by atomic mass is 32.2. The number of ketones is 1. The van der Waals surface area contributed by atoms with Gasteiger partial charge in [0.1, 0.15) is 5.75 Å². The van der Waals surface area contributed by atoms with E-state index in [1.54, 1.807) is 31.4 Å². The Hall–Kier alpha value is -1.16. The first-order valence-electron chi connectivity index (χ1n) is 6.75. The van der Waals surface area contributed by atoms with Crippen LogP contribution >= 0.6 is 0 Å². The van der Waals surface area contributed by atoms with E-state index in [0.29, 0.717) is 5.56 Å². The number of carbonyl (C=O) groups is 1. The van der Waals surface area contributed by atoms with Crippen LogP contribution in [0.5, 0.6) is 5.75 Å². The lowest BCUT2D eigenvalue weighted by molar-refractivity contribution is 0.102. The lowest BCUT2D eigenvalue weighted by atomic mass is 10.0. The monoisotopic (exact) mass is 280 g/mol. The molecule has 0 N–H and O–H groups in total. The Morgan fingerprint density at radius 1 is 1.21 bits per heavy atom. The highest BCUT2D eigenvalue weighted by Crippen LogP contribution is 2.22. The van der Waals surface area contributed by atoms with E-state index < -0.39 is 10.8 Å². The molecule has 19 heavy (non-hydrogen) atoms. The van der Waals surface area contributed by atoms with Crippen molar-refractivity contribution in [2.24, 2.45) is 0 Å². The van der Waals surface area contributed by atoms with Gasteiger partial charge in [0.2, 0.25) is 0 Å². The minimum atomic E-state index is -1.02. The largest absolute Gasteiger partial charge is 0.497 e. The van der Waals surface area contributed by atoms with Crippen LogP contribution in [0.15, 0.2) is 24.3 Å². The third kappa shape index (κ3) is 3.90. The molecule has 1 aliphatic carbocycles. The SMILES string of the molecule is COc1ccc(C(=O)CS(=O)C2CCCCC2)cc1. The summed E-state index contributed by atoms with van der Waals surface area (Å²) < 4.78 is 17.2. The summed E-state index contributed by atoms with van der Waals surface area (Å²) in [5.41, 5.74) is 0.616. The molecular formula is C15H20O3S. The zero-order valence-electron chi connectivity index (χ0n) is 11.3. The van der Waals surface area contributed by atoms with Crippen molar-refractivity contribution in [2.45, 2.75) is 37.4 Å². The summed E-state index contributed by atoms with van der Waals surface area (Å²) in [7, 11) is 0.567. The fourth-order valence-corrected chi connectivity index (χ4v) is 3.96. The number of methoxy groups -OCH3 is 1. The minimum absolute atomic E-state index is 0.0356. The minimum Gasteiger partial charge on any atom is -0.497 e. The summed E-state index contributed by atoms with van der Waals surface area (Å²) in [5, 5.41) is 0.218. The fraction of sp³-hybridized carbons (Fsp3) is 0.533. The van der Waals surface area contributed by atoms with Crippen LogP contribution < -0.4 is 4.74 Å². The highest BCUT2D eigenvalue weighted by molar-refractivity contribution is 7.86. The van der Waals surface area contributed by atoms with Crippen molar-refractivity contribution in [1.82, 2.24) is 0 Å². The maximum Gasteiger partial charge on any atom is 0.175 e. The molecule has 1 unspecified atom stereocenters. The quantitative estimate of drug-likeness (QED) is 0.779. The number of benzene rings is 1. The molecule has 4 heteroatoms.